The van der Waals surface area contributed by atoms with Gasteiger partial charge in [0.2, 0.25) is 0 Å². The third-order valence-electron chi connectivity index (χ3n) is 18.6. The van der Waals surface area contributed by atoms with Crippen molar-refractivity contribution in [2.45, 2.75) is 20.3 Å². The lowest BCUT2D eigenvalue weighted by atomic mass is 9.94. The van der Waals surface area contributed by atoms with Crippen molar-refractivity contribution in [1.29, 1.82) is 0 Å². The van der Waals surface area contributed by atoms with Crippen molar-refractivity contribution in [3.63, 3.8) is 0 Å². The zero-order chi connectivity index (χ0) is 59.5. The van der Waals surface area contributed by atoms with Crippen molar-refractivity contribution >= 4 is 101 Å². The molecule has 0 amide bonds. The molecule has 430 valence electrons. The number of benzene rings is 15. The Morgan fingerprint density at radius 3 is 0.824 bits per heavy atom. The summed E-state index contributed by atoms with van der Waals surface area (Å²) in [7, 11) is 0. The zero-order valence-electron chi connectivity index (χ0n) is 49.6. The highest BCUT2D eigenvalue weighted by Crippen LogP contribution is 2.47. The molecule has 0 unspecified atom stereocenters. The summed E-state index contributed by atoms with van der Waals surface area (Å²) < 4.78 is 0. The highest BCUT2D eigenvalue weighted by molar-refractivity contribution is 5.98. The van der Waals surface area contributed by atoms with Crippen molar-refractivity contribution in [3.05, 3.63) is 383 Å². The average molecular weight is 1160 g/mol. The normalized spacial score (nSPS) is 12.4. The summed E-state index contributed by atoms with van der Waals surface area (Å²) in [5.74, 6) is 0. The molecule has 0 aliphatic heterocycles. The van der Waals surface area contributed by atoms with E-state index in [1.807, 2.05) is 0 Å². The summed E-state index contributed by atoms with van der Waals surface area (Å²) >= 11 is 0. The van der Waals surface area contributed by atoms with E-state index < -0.39 is 0 Å². The van der Waals surface area contributed by atoms with Gasteiger partial charge in [-0.15, -0.1) is 0 Å². The number of rotatable bonds is 12. The smallest absolute Gasteiger partial charge is 0.0468 e. The van der Waals surface area contributed by atoms with E-state index in [4.69, 9.17) is 0 Å². The second-order valence-corrected chi connectivity index (χ2v) is 24.1. The fourth-order valence-corrected chi connectivity index (χ4v) is 14.1. The predicted molar refractivity (Wildman–Crippen MR) is 389 cm³/mol. The van der Waals surface area contributed by atoms with Crippen LogP contribution in [0.1, 0.15) is 63.1 Å². The second-order valence-electron chi connectivity index (χ2n) is 24.1. The number of fused-ring (bicyclic) bond motifs is 10. The Kier molecular flexibility index (Phi) is 14.0. The maximum atomic E-state index is 2.49. The highest BCUT2D eigenvalue weighted by atomic mass is 15.1. The van der Waals surface area contributed by atoms with Crippen LogP contribution in [0.3, 0.4) is 0 Å². The summed E-state index contributed by atoms with van der Waals surface area (Å²) in [6.45, 7) is 0. The van der Waals surface area contributed by atoms with Crippen LogP contribution in [-0.4, -0.2) is 0 Å². The largest absolute Gasteiger partial charge is 0.310 e. The third kappa shape index (κ3) is 10.3. The zero-order valence-corrected chi connectivity index (χ0v) is 49.6. The second kappa shape index (κ2) is 23.2. The molecule has 15 aromatic carbocycles. The molecule has 15 aromatic rings. The lowest BCUT2D eigenvalue weighted by Crippen LogP contribution is -2.10. The van der Waals surface area contributed by atoms with Crippen LogP contribution in [0.15, 0.2) is 328 Å². The maximum Gasteiger partial charge on any atom is 0.0468 e. The minimum absolute atomic E-state index is 0. The summed E-state index contributed by atoms with van der Waals surface area (Å²) in [5, 5.41) is 9.78. The van der Waals surface area contributed by atoms with Gasteiger partial charge in [0.25, 0.3) is 0 Å². The quantitative estimate of drug-likeness (QED) is 0.113. The van der Waals surface area contributed by atoms with E-state index in [1.165, 1.54) is 132 Å². The molecule has 0 saturated carbocycles. The summed E-state index contributed by atoms with van der Waals surface area (Å²) in [6.07, 6.45) is 6.58. The first-order valence-electron chi connectivity index (χ1n) is 31.3. The Hall–Kier alpha value is -11.6. The number of hydrogen-bond acceptors (Lipinski definition) is 2. The van der Waals surface area contributed by atoms with Crippen LogP contribution in [0.5, 0.6) is 0 Å². The SMILES string of the molecule is C.C(=C(/c1ccccc1)c1ccc(N(c2ccc3ccccc3c2)c2ccc3ccccc3c2)cc1)/c1ccc2c(c1)Cc1cc3c(cc1-2)Cc1cc(/C=C(\c2ccccc2)c2ccc(N(c4ccc5ccccc5c4)c4ccc5ccccc5c4)cc2)ccc1-3. The summed E-state index contributed by atoms with van der Waals surface area (Å²) in [4.78, 5) is 4.77. The molecule has 0 bridgehead atoms. The molecule has 0 heterocycles. The fraction of sp³-hybridized carbons (Fsp3) is 0.0337. The Labute approximate surface area is 532 Å². The van der Waals surface area contributed by atoms with Gasteiger partial charge in [0.05, 0.1) is 0 Å². The molecular formula is C89H64N2. The molecule has 91 heavy (non-hydrogen) atoms. The van der Waals surface area contributed by atoms with Gasteiger partial charge in [0, 0.05) is 34.1 Å². The maximum absolute atomic E-state index is 2.49. The van der Waals surface area contributed by atoms with Crippen LogP contribution in [0.25, 0.3) is 88.6 Å². The Balaban J connectivity index is 0.00000661. The molecule has 0 N–H and O–H groups in total. The summed E-state index contributed by atoms with van der Waals surface area (Å²) in [6, 6.07) is 121. The molecule has 0 saturated heterocycles. The van der Waals surface area contributed by atoms with E-state index >= 15 is 0 Å². The monoisotopic (exact) mass is 1160 g/mol. The van der Waals surface area contributed by atoms with Crippen LogP contribution in [0.2, 0.25) is 0 Å². The molecule has 0 spiro atoms. The third-order valence-corrected chi connectivity index (χ3v) is 18.6. The van der Waals surface area contributed by atoms with Gasteiger partial charge in [-0.1, -0.05) is 250 Å². The molecule has 0 fully saturated rings. The van der Waals surface area contributed by atoms with Crippen molar-refractivity contribution in [2.75, 3.05) is 9.80 Å². The van der Waals surface area contributed by atoms with Crippen molar-refractivity contribution in [2.24, 2.45) is 0 Å². The molecule has 0 atom stereocenters. The molecule has 2 nitrogen and oxygen atoms in total. The topological polar surface area (TPSA) is 6.48 Å². The first-order chi connectivity index (χ1) is 44.5. The van der Waals surface area contributed by atoms with E-state index in [9.17, 15) is 0 Å². The molecule has 2 aliphatic rings. The van der Waals surface area contributed by atoms with Gasteiger partial charge in [-0.2, -0.15) is 0 Å². The van der Waals surface area contributed by atoms with Crippen molar-refractivity contribution < 1.29 is 0 Å². The molecular weight excluding hydrogens is 1100 g/mol. The Morgan fingerprint density at radius 1 is 0.220 bits per heavy atom. The number of nitrogens with zero attached hydrogens (tertiary/aromatic N) is 2. The van der Waals surface area contributed by atoms with E-state index in [-0.39, 0.29) is 7.43 Å². The Bertz CT molecular complexity index is 4850. The minimum atomic E-state index is 0. The fourth-order valence-electron chi connectivity index (χ4n) is 14.1. The minimum Gasteiger partial charge on any atom is -0.310 e. The molecule has 2 aliphatic carbocycles. The number of anilines is 6. The van der Waals surface area contributed by atoms with E-state index in [0.717, 1.165) is 47.0 Å². The summed E-state index contributed by atoms with van der Waals surface area (Å²) in [5.41, 5.74) is 27.2. The van der Waals surface area contributed by atoms with E-state index in [2.05, 4.69) is 350 Å². The van der Waals surface area contributed by atoms with Crippen LogP contribution in [0, 0.1) is 0 Å². The number of hydrogen-bond donors (Lipinski definition) is 0. The first-order valence-corrected chi connectivity index (χ1v) is 31.3. The van der Waals surface area contributed by atoms with Crippen LogP contribution < -0.4 is 9.80 Å². The van der Waals surface area contributed by atoms with Crippen LogP contribution in [-0.2, 0) is 12.8 Å². The van der Waals surface area contributed by atoms with Gasteiger partial charge in [-0.3, -0.25) is 0 Å². The van der Waals surface area contributed by atoms with E-state index in [1.54, 1.807) is 0 Å². The van der Waals surface area contributed by atoms with Gasteiger partial charge in [0.15, 0.2) is 0 Å². The van der Waals surface area contributed by atoms with Gasteiger partial charge >= 0.3 is 0 Å². The highest BCUT2D eigenvalue weighted by Gasteiger charge is 2.27. The standard InChI is InChI=1S/C88H60N2.CH4/c1-3-19-65(20-4-1)85(67-33-37-77(38-34-67)89(79-41-29-61-15-7-11-23-69(61)53-79)80-42-30-62-16-8-12-24-70(62)54-80)49-59-27-45-83-73(47-59)51-75-57-88-76(58-87(75)83)52-74-48-60(28-46-84(74)88)50-86(66-21-5-2-6-22-66)68-35-39-78(40-36-68)90(81-43-31-63-17-9-13-25-71(63)55-81)82-44-32-64-18-10-14-26-72(64)56-82;/h1-50,53-58H,51-52H2;1H4/b85-49+,86-50+;. The lowest BCUT2D eigenvalue weighted by Gasteiger charge is -2.26. The van der Waals surface area contributed by atoms with Gasteiger partial charge in [-0.25, -0.2) is 0 Å². The van der Waals surface area contributed by atoms with Crippen LogP contribution in [0.4, 0.5) is 34.1 Å². The lowest BCUT2D eigenvalue weighted by molar-refractivity contribution is 1.24. The van der Waals surface area contributed by atoms with Crippen molar-refractivity contribution in [3.8, 4) is 22.3 Å². The van der Waals surface area contributed by atoms with Crippen LogP contribution >= 0.6 is 0 Å². The van der Waals surface area contributed by atoms with Crippen molar-refractivity contribution in [1.82, 2.24) is 0 Å². The van der Waals surface area contributed by atoms with Gasteiger partial charge in [-0.05, 0) is 242 Å². The predicted octanol–water partition coefficient (Wildman–Crippen LogP) is 24.2. The first kappa shape index (κ1) is 54.8. The van der Waals surface area contributed by atoms with Gasteiger partial charge < -0.3 is 9.80 Å². The Morgan fingerprint density at radius 2 is 0.495 bits per heavy atom. The molecule has 17 rings (SSSR count). The average Bonchev–Trinajstić information content (AvgIpc) is 1.66. The van der Waals surface area contributed by atoms with E-state index in [0.29, 0.717) is 0 Å². The molecule has 0 radical (unpaired) electrons. The molecule has 2 heteroatoms. The molecule has 0 aromatic heterocycles. The van der Waals surface area contributed by atoms with Gasteiger partial charge in [0.1, 0.15) is 0 Å².